The maximum atomic E-state index is 6.00. The lowest BCUT2D eigenvalue weighted by Crippen LogP contribution is -2.48. The fourth-order valence-corrected chi connectivity index (χ4v) is 3.93. The highest BCUT2D eigenvalue weighted by Crippen LogP contribution is 2.29. The van der Waals surface area contributed by atoms with Crippen molar-refractivity contribution in [3.05, 3.63) is 60.7 Å². The molecule has 0 bridgehead atoms. The number of nitrogens with one attached hydrogen (secondary N) is 1. The van der Waals surface area contributed by atoms with Crippen LogP contribution in [0.2, 0.25) is 0 Å². The zero-order chi connectivity index (χ0) is 20.1. The molecule has 3 aromatic rings. The summed E-state index contributed by atoms with van der Waals surface area (Å²) in [5, 5.41) is 10.9. The molecule has 2 aromatic carbocycles. The monoisotopic (exact) mass is 404 g/mol. The number of rotatable bonds is 5. The Labute approximate surface area is 176 Å². The summed E-state index contributed by atoms with van der Waals surface area (Å²) in [7, 11) is 0. The minimum Gasteiger partial charge on any atom is -0.375 e. The average Bonchev–Trinajstić information content (AvgIpc) is 2.79. The van der Waals surface area contributed by atoms with Gasteiger partial charge in [0.2, 0.25) is 0 Å². The number of benzene rings is 2. The first-order valence-electron chi connectivity index (χ1n) is 9.93. The molecule has 6 nitrogen and oxygen atoms in total. The zero-order valence-electron chi connectivity index (χ0n) is 16.2. The maximum Gasteiger partial charge on any atom is 0.262 e. The van der Waals surface area contributed by atoms with Crippen molar-refractivity contribution in [1.82, 2.24) is 20.2 Å². The van der Waals surface area contributed by atoms with E-state index in [9.17, 15) is 0 Å². The molecule has 0 unspecified atom stereocenters. The molecule has 29 heavy (non-hydrogen) atoms. The third-order valence-electron chi connectivity index (χ3n) is 5.18. The predicted octanol–water partition coefficient (Wildman–Crippen LogP) is 4.41. The first kappa shape index (κ1) is 19.3. The molecule has 1 aliphatic rings. The number of nitrogens with two attached hydrogens (primary N) is 1. The van der Waals surface area contributed by atoms with Gasteiger partial charge >= 0.3 is 0 Å². The lowest BCUT2D eigenvalue weighted by Gasteiger charge is -2.34. The van der Waals surface area contributed by atoms with E-state index in [0.29, 0.717) is 11.1 Å². The van der Waals surface area contributed by atoms with Crippen molar-refractivity contribution < 1.29 is 0 Å². The molecule has 0 atom stereocenters. The molecule has 0 radical (unpaired) electrons. The molecular weight excluding hydrogens is 380 g/mol. The van der Waals surface area contributed by atoms with E-state index in [-0.39, 0.29) is 6.04 Å². The van der Waals surface area contributed by atoms with E-state index in [1.807, 2.05) is 65.7 Å². The van der Waals surface area contributed by atoms with Crippen molar-refractivity contribution in [3.8, 4) is 22.5 Å². The topological polar surface area (TPSA) is 80.0 Å². The molecule has 0 spiro atoms. The molecule has 1 aliphatic carbocycles. The van der Waals surface area contributed by atoms with Crippen LogP contribution in [0.25, 0.3) is 22.5 Å². The van der Waals surface area contributed by atoms with E-state index in [0.717, 1.165) is 35.4 Å². The number of thiocarbonyl (C=S) groups is 1. The van der Waals surface area contributed by atoms with Gasteiger partial charge in [0.05, 0.1) is 6.04 Å². The Balaban J connectivity index is 1.70. The van der Waals surface area contributed by atoms with E-state index < -0.39 is 0 Å². The number of hydrogen-bond donors (Lipinski definition) is 2. The molecule has 0 aliphatic heterocycles. The van der Waals surface area contributed by atoms with Crippen LogP contribution in [0.3, 0.4) is 0 Å². The smallest absolute Gasteiger partial charge is 0.262 e. The molecule has 1 saturated carbocycles. The van der Waals surface area contributed by atoms with E-state index in [2.05, 4.69) is 15.6 Å². The molecule has 1 fully saturated rings. The Morgan fingerprint density at radius 3 is 2.03 bits per heavy atom. The second kappa shape index (κ2) is 8.96. The Morgan fingerprint density at radius 1 is 0.862 bits per heavy atom. The van der Waals surface area contributed by atoms with E-state index in [4.69, 9.17) is 22.9 Å². The van der Waals surface area contributed by atoms with Gasteiger partial charge in [0.25, 0.3) is 5.95 Å². The van der Waals surface area contributed by atoms with Crippen LogP contribution >= 0.6 is 12.2 Å². The van der Waals surface area contributed by atoms with Gasteiger partial charge in [0, 0.05) is 11.1 Å². The second-order valence-electron chi connectivity index (χ2n) is 7.18. The third-order valence-corrected chi connectivity index (χ3v) is 5.38. The number of anilines is 1. The van der Waals surface area contributed by atoms with E-state index in [1.165, 1.54) is 19.3 Å². The van der Waals surface area contributed by atoms with Crippen LogP contribution in [0.1, 0.15) is 32.1 Å². The molecule has 7 heteroatoms. The van der Waals surface area contributed by atoms with E-state index in [1.54, 1.807) is 0 Å². The molecule has 148 valence electrons. The van der Waals surface area contributed by atoms with Gasteiger partial charge in [-0.2, -0.15) is 0 Å². The van der Waals surface area contributed by atoms with Gasteiger partial charge < -0.3 is 5.73 Å². The summed E-state index contributed by atoms with van der Waals surface area (Å²) in [5.41, 5.74) is 12.7. The minimum atomic E-state index is 0.249. The summed E-state index contributed by atoms with van der Waals surface area (Å²) in [6.07, 6.45) is 5.69. The van der Waals surface area contributed by atoms with Crippen molar-refractivity contribution in [2.45, 2.75) is 38.1 Å². The number of hydrogen-bond acceptors (Lipinski definition) is 5. The SMILES string of the molecule is NC(=S)N(Nc1nnc(-c2ccccc2)c(-c2ccccc2)n1)C1CCCCC1. The molecule has 4 rings (SSSR count). The van der Waals surface area contributed by atoms with Gasteiger partial charge in [-0.15, -0.1) is 10.2 Å². The van der Waals surface area contributed by atoms with Crippen LogP contribution in [0.5, 0.6) is 0 Å². The lowest BCUT2D eigenvalue weighted by atomic mass is 9.95. The summed E-state index contributed by atoms with van der Waals surface area (Å²) < 4.78 is 0. The Hall–Kier alpha value is -3.06. The summed E-state index contributed by atoms with van der Waals surface area (Å²) in [6, 6.07) is 20.2. The fraction of sp³-hybridized carbons (Fsp3) is 0.273. The van der Waals surface area contributed by atoms with Crippen molar-refractivity contribution in [2.24, 2.45) is 5.73 Å². The van der Waals surface area contributed by atoms with Crippen molar-refractivity contribution in [1.29, 1.82) is 0 Å². The largest absolute Gasteiger partial charge is 0.375 e. The van der Waals surface area contributed by atoms with Crippen LogP contribution in [0.4, 0.5) is 5.95 Å². The maximum absolute atomic E-state index is 6.00. The minimum absolute atomic E-state index is 0.249. The van der Waals surface area contributed by atoms with Gasteiger partial charge in [-0.1, -0.05) is 79.9 Å². The Bertz CT molecular complexity index is 958. The first-order chi connectivity index (χ1) is 14.2. The van der Waals surface area contributed by atoms with Crippen molar-refractivity contribution >= 4 is 23.3 Å². The number of nitrogens with zero attached hydrogens (tertiary/aromatic N) is 4. The third kappa shape index (κ3) is 4.51. The van der Waals surface area contributed by atoms with Crippen LogP contribution in [-0.2, 0) is 0 Å². The van der Waals surface area contributed by atoms with Gasteiger partial charge in [-0.05, 0) is 25.1 Å². The van der Waals surface area contributed by atoms with Gasteiger partial charge in [0.15, 0.2) is 5.11 Å². The van der Waals surface area contributed by atoms with E-state index >= 15 is 0 Å². The highest BCUT2D eigenvalue weighted by molar-refractivity contribution is 7.80. The molecule has 3 N–H and O–H groups in total. The number of hydrazine groups is 1. The Kier molecular flexibility index (Phi) is 5.95. The summed E-state index contributed by atoms with van der Waals surface area (Å²) >= 11 is 5.29. The standard InChI is InChI=1S/C22H24N6S/c23-21(29)28(18-14-8-3-9-15-18)27-22-24-19(16-10-4-1-5-11-16)20(25-26-22)17-12-6-2-7-13-17/h1-2,4-7,10-13,18H,3,8-9,14-15H2,(H2,23,29)(H,24,26,27). The van der Waals surface area contributed by atoms with Gasteiger partial charge in [-0.25, -0.2) is 4.98 Å². The molecule has 1 aromatic heterocycles. The lowest BCUT2D eigenvalue weighted by molar-refractivity contribution is 0.275. The zero-order valence-corrected chi connectivity index (χ0v) is 17.0. The quantitative estimate of drug-likeness (QED) is 0.481. The summed E-state index contributed by atoms with van der Waals surface area (Å²) in [4.78, 5) is 4.79. The molecule has 0 amide bonds. The summed E-state index contributed by atoms with van der Waals surface area (Å²) in [5.74, 6) is 0.391. The predicted molar refractivity (Wildman–Crippen MR) is 120 cm³/mol. The molecule has 0 saturated heterocycles. The highest BCUT2D eigenvalue weighted by Gasteiger charge is 2.24. The Morgan fingerprint density at radius 2 is 1.45 bits per heavy atom. The van der Waals surface area contributed by atoms with Crippen LogP contribution in [0.15, 0.2) is 60.7 Å². The van der Waals surface area contributed by atoms with Crippen molar-refractivity contribution in [3.63, 3.8) is 0 Å². The number of aromatic nitrogens is 3. The first-order valence-corrected chi connectivity index (χ1v) is 10.3. The molecular formula is C22H24N6S. The van der Waals surface area contributed by atoms with Crippen LogP contribution in [-0.4, -0.2) is 31.3 Å². The van der Waals surface area contributed by atoms with Gasteiger partial charge in [-0.3, -0.25) is 10.4 Å². The summed E-state index contributed by atoms with van der Waals surface area (Å²) in [6.45, 7) is 0. The van der Waals surface area contributed by atoms with Crippen molar-refractivity contribution in [2.75, 3.05) is 5.43 Å². The normalized spacial score (nSPS) is 14.3. The van der Waals surface area contributed by atoms with Crippen LogP contribution < -0.4 is 11.2 Å². The molecule has 1 heterocycles. The average molecular weight is 405 g/mol. The fourth-order valence-electron chi connectivity index (χ4n) is 3.73. The van der Waals surface area contributed by atoms with Gasteiger partial charge in [0.1, 0.15) is 11.4 Å². The van der Waals surface area contributed by atoms with Crippen LogP contribution in [0, 0.1) is 0 Å². The second-order valence-corrected chi connectivity index (χ2v) is 7.59. The highest BCUT2D eigenvalue weighted by atomic mass is 32.1.